The van der Waals surface area contributed by atoms with Crippen molar-refractivity contribution >= 4 is 17.8 Å². The van der Waals surface area contributed by atoms with Crippen molar-refractivity contribution in [2.24, 2.45) is 9.98 Å². The van der Waals surface area contributed by atoms with Crippen LogP contribution in [0.4, 0.5) is 0 Å². The Bertz CT molecular complexity index is 301. The van der Waals surface area contributed by atoms with E-state index in [2.05, 4.69) is 21.9 Å². The highest BCUT2D eigenvalue weighted by molar-refractivity contribution is 6.60. The second-order valence-electron chi connectivity index (χ2n) is 3.89. The number of carbonyl (C=O) groups excluding carboxylic acids is 1. The van der Waals surface area contributed by atoms with Gasteiger partial charge < -0.3 is 5.32 Å². The minimum atomic E-state index is -0.155. The summed E-state index contributed by atoms with van der Waals surface area (Å²) in [5.41, 5.74) is 0.322. The molecule has 0 aromatic rings. The summed E-state index contributed by atoms with van der Waals surface area (Å²) in [6, 6.07) is 0.293. The van der Waals surface area contributed by atoms with E-state index < -0.39 is 0 Å². The maximum atomic E-state index is 11.8. The van der Waals surface area contributed by atoms with Gasteiger partial charge in [-0.25, -0.2) is 0 Å². The molecule has 4 nitrogen and oxygen atoms in total. The molecule has 1 rings (SSSR count). The summed E-state index contributed by atoms with van der Waals surface area (Å²) in [4.78, 5) is 19.5. The summed E-state index contributed by atoms with van der Waals surface area (Å²) >= 11 is 0. The molecule has 0 aromatic carbocycles. The first-order valence-corrected chi connectivity index (χ1v) is 5.69. The lowest BCUT2D eigenvalue weighted by Crippen LogP contribution is -2.40. The fourth-order valence-corrected chi connectivity index (χ4v) is 1.88. The summed E-state index contributed by atoms with van der Waals surface area (Å²) in [5, 5.41) is 2.98. The van der Waals surface area contributed by atoms with Gasteiger partial charge in [0.2, 0.25) is 0 Å². The van der Waals surface area contributed by atoms with Gasteiger partial charge in [-0.1, -0.05) is 25.8 Å². The van der Waals surface area contributed by atoms with Gasteiger partial charge in [0.15, 0.2) is 0 Å². The first kappa shape index (κ1) is 12.6. The van der Waals surface area contributed by atoms with E-state index >= 15 is 0 Å². The molecule has 88 valence electrons. The Morgan fingerprint density at radius 3 is 2.62 bits per heavy atom. The molecule has 1 amide bonds. The Hall–Kier alpha value is -1.45. The maximum absolute atomic E-state index is 11.8. The Kier molecular flexibility index (Phi) is 5.46. The van der Waals surface area contributed by atoms with E-state index in [0.29, 0.717) is 11.8 Å². The second-order valence-corrected chi connectivity index (χ2v) is 3.89. The Morgan fingerprint density at radius 2 is 2.06 bits per heavy atom. The first-order chi connectivity index (χ1) is 7.77. The van der Waals surface area contributed by atoms with Gasteiger partial charge in [-0.2, -0.15) is 0 Å². The fourth-order valence-electron chi connectivity index (χ4n) is 1.88. The van der Waals surface area contributed by atoms with E-state index in [1.807, 2.05) is 0 Å². The van der Waals surface area contributed by atoms with Crippen molar-refractivity contribution < 1.29 is 4.79 Å². The van der Waals surface area contributed by atoms with E-state index in [0.717, 1.165) is 12.8 Å². The molecule has 0 saturated heterocycles. The van der Waals surface area contributed by atoms with Crippen LogP contribution in [0.25, 0.3) is 0 Å². The summed E-state index contributed by atoms with van der Waals surface area (Å²) in [7, 11) is 1.62. The monoisotopic (exact) mass is 221 g/mol. The first-order valence-electron chi connectivity index (χ1n) is 5.69. The van der Waals surface area contributed by atoms with Gasteiger partial charge in [0, 0.05) is 19.3 Å². The summed E-state index contributed by atoms with van der Waals surface area (Å²) < 4.78 is 0. The van der Waals surface area contributed by atoms with Crippen LogP contribution >= 0.6 is 0 Å². The van der Waals surface area contributed by atoms with Gasteiger partial charge in [0.1, 0.15) is 5.71 Å². The Balaban J connectivity index is 2.54. The molecule has 4 heteroatoms. The Morgan fingerprint density at radius 1 is 1.38 bits per heavy atom. The number of amides is 1. The zero-order chi connectivity index (χ0) is 11.8. The molecule has 1 aliphatic rings. The van der Waals surface area contributed by atoms with Crippen LogP contribution in [0, 0.1) is 0 Å². The molecule has 0 unspecified atom stereocenters. The Labute approximate surface area is 96.6 Å². The summed E-state index contributed by atoms with van der Waals surface area (Å²) in [6.07, 6.45) is 8.61. The van der Waals surface area contributed by atoms with E-state index in [1.165, 1.54) is 31.7 Å². The third-order valence-electron chi connectivity index (χ3n) is 2.65. The molecule has 1 aliphatic carbocycles. The van der Waals surface area contributed by atoms with Crippen molar-refractivity contribution in [2.75, 3.05) is 7.05 Å². The van der Waals surface area contributed by atoms with Crippen LogP contribution < -0.4 is 5.32 Å². The average Bonchev–Trinajstić information content (AvgIpc) is 2.30. The molecule has 1 fully saturated rings. The smallest absolute Gasteiger partial charge is 0.271 e. The normalized spacial score (nSPS) is 18.7. The van der Waals surface area contributed by atoms with Crippen LogP contribution in [0.15, 0.2) is 22.8 Å². The van der Waals surface area contributed by atoms with E-state index in [4.69, 9.17) is 0 Å². The SMILES string of the molecule is C=CN=C(C=NC)C(=O)NC1CCCCC1. The number of carbonyl (C=O) groups is 1. The van der Waals surface area contributed by atoms with Crippen molar-refractivity contribution in [3.8, 4) is 0 Å². The van der Waals surface area contributed by atoms with E-state index in [1.54, 1.807) is 7.05 Å². The molecule has 0 heterocycles. The van der Waals surface area contributed by atoms with Crippen molar-refractivity contribution in [1.82, 2.24) is 5.32 Å². The highest BCUT2D eigenvalue weighted by Gasteiger charge is 2.17. The molecular weight excluding hydrogens is 202 g/mol. The van der Waals surface area contributed by atoms with Crippen LogP contribution in [0.2, 0.25) is 0 Å². The van der Waals surface area contributed by atoms with Gasteiger partial charge in [0.05, 0.1) is 6.21 Å². The number of nitrogens with one attached hydrogen (secondary N) is 1. The van der Waals surface area contributed by atoms with E-state index in [-0.39, 0.29) is 5.91 Å². The molecule has 0 aliphatic heterocycles. The van der Waals surface area contributed by atoms with Gasteiger partial charge in [-0.05, 0) is 12.8 Å². The molecule has 16 heavy (non-hydrogen) atoms. The topological polar surface area (TPSA) is 53.8 Å². The number of rotatable bonds is 4. The van der Waals surface area contributed by atoms with Gasteiger partial charge in [-0.3, -0.25) is 14.8 Å². The van der Waals surface area contributed by atoms with Crippen LogP contribution in [0.1, 0.15) is 32.1 Å². The predicted octanol–water partition coefficient (Wildman–Crippen LogP) is 1.72. The predicted molar refractivity (Wildman–Crippen MR) is 67.1 cm³/mol. The molecule has 0 radical (unpaired) electrons. The second kappa shape index (κ2) is 6.93. The van der Waals surface area contributed by atoms with Gasteiger partial charge in [0.25, 0.3) is 5.91 Å². The number of aliphatic imine (C=N–C) groups is 2. The maximum Gasteiger partial charge on any atom is 0.271 e. The van der Waals surface area contributed by atoms with Crippen LogP contribution in [0.5, 0.6) is 0 Å². The molecule has 1 saturated carbocycles. The van der Waals surface area contributed by atoms with Crippen LogP contribution in [0.3, 0.4) is 0 Å². The lowest BCUT2D eigenvalue weighted by molar-refractivity contribution is -0.115. The van der Waals surface area contributed by atoms with Gasteiger partial charge in [-0.15, -0.1) is 0 Å². The van der Waals surface area contributed by atoms with Crippen molar-refractivity contribution in [3.05, 3.63) is 12.8 Å². The quantitative estimate of drug-likeness (QED) is 0.722. The standard InChI is InChI=1S/C12H19N3O/c1-3-14-11(9-13-2)12(16)15-10-7-5-4-6-8-10/h3,9-10H,1,4-8H2,2H3,(H,15,16). The minimum Gasteiger partial charge on any atom is -0.348 e. The molecule has 0 bridgehead atoms. The molecule has 0 atom stereocenters. The minimum absolute atomic E-state index is 0.155. The average molecular weight is 221 g/mol. The van der Waals surface area contributed by atoms with E-state index in [9.17, 15) is 4.79 Å². The third-order valence-corrected chi connectivity index (χ3v) is 2.65. The summed E-state index contributed by atoms with van der Waals surface area (Å²) in [5.74, 6) is -0.155. The summed E-state index contributed by atoms with van der Waals surface area (Å²) in [6.45, 7) is 3.48. The number of hydrogen-bond acceptors (Lipinski definition) is 3. The molecule has 0 spiro atoms. The highest BCUT2D eigenvalue weighted by Crippen LogP contribution is 2.17. The van der Waals surface area contributed by atoms with Crippen LogP contribution in [-0.4, -0.2) is 30.9 Å². The lowest BCUT2D eigenvalue weighted by Gasteiger charge is -2.22. The zero-order valence-electron chi connectivity index (χ0n) is 9.78. The van der Waals surface area contributed by atoms with Crippen molar-refractivity contribution in [1.29, 1.82) is 0 Å². The van der Waals surface area contributed by atoms with Crippen molar-refractivity contribution in [2.45, 2.75) is 38.1 Å². The fraction of sp³-hybridized carbons (Fsp3) is 0.583. The third kappa shape index (κ3) is 3.96. The number of hydrogen-bond donors (Lipinski definition) is 1. The molecular formula is C12H19N3O. The zero-order valence-corrected chi connectivity index (χ0v) is 9.78. The van der Waals surface area contributed by atoms with Crippen LogP contribution in [-0.2, 0) is 4.79 Å². The number of nitrogens with zero attached hydrogens (tertiary/aromatic N) is 2. The van der Waals surface area contributed by atoms with Crippen molar-refractivity contribution in [3.63, 3.8) is 0 Å². The van der Waals surface area contributed by atoms with Gasteiger partial charge >= 0.3 is 0 Å². The highest BCUT2D eigenvalue weighted by atomic mass is 16.1. The lowest BCUT2D eigenvalue weighted by atomic mass is 9.95. The molecule has 0 aromatic heterocycles. The molecule has 1 N–H and O–H groups in total. The largest absolute Gasteiger partial charge is 0.348 e.